The maximum absolute atomic E-state index is 11.4. The molecule has 0 aromatic heterocycles. The smallest absolute Gasteiger partial charge is 0.421 e. The fourth-order valence-corrected chi connectivity index (χ4v) is 2.68. The molecule has 0 spiro atoms. The van der Waals surface area contributed by atoms with Crippen molar-refractivity contribution in [3.63, 3.8) is 0 Å². The largest absolute Gasteiger partial charge is 0.463 e. The first-order valence-corrected chi connectivity index (χ1v) is 9.23. The number of esters is 1. The van der Waals surface area contributed by atoms with Crippen LogP contribution in [-0.2, 0) is 19.0 Å². The highest BCUT2D eigenvalue weighted by Crippen LogP contribution is 2.20. The Balaban J connectivity index is 3.47. The normalized spacial score (nSPS) is 10.6. The second-order valence-electron chi connectivity index (χ2n) is 5.00. The van der Waals surface area contributed by atoms with Crippen LogP contribution in [0.3, 0.4) is 0 Å². The third-order valence-corrected chi connectivity index (χ3v) is 4.14. The summed E-state index contributed by atoms with van der Waals surface area (Å²) in [7, 11) is 2.94. The van der Waals surface area contributed by atoms with Crippen molar-refractivity contribution in [3.05, 3.63) is 0 Å². The lowest BCUT2D eigenvalue weighted by Gasteiger charge is -2.19. The van der Waals surface area contributed by atoms with E-state index in [9.17, 15) is 14.4 Å². The summed E-state index contributed by atoms with van der Waals surface area (Å²) in [6.45, 7) is 5.40. The average Bonchev–Trinajstić information content (AvgIpc) is 2.45. The van der Waals surface area contributed by atoms with Crippen molar-refractivity contribution in [1.82, 2.24) is 10.7 Å². The predicted octanol–water partition coefficient (Wildman–Crippen LogP) is 1.04. The lowest BCUT2D eigenvalue weighted by Crippen LogP contribution is -2.36. The van der Waals surface area contributed by atoms with Crippen LogP contribution >= 0.6 is 21.6 Å². The molecule has 0 rings (SSSR count). The first kappa shape index (κ1) is 21.7. The zero-order chi connectivity index (χ0) is 17.7. The lowest BCUT2D eigenvalue weighted by molar-refractivity contribution is -0.141. The number of amides is 2. The van der Waals surface area contributed by atoms with Gasteiger partial charge in [-0.3, -0.25) is 10.2 Å². The Morgan fingerprint density at radius 3 is 2.09 bits per heavy atom. The third-order valence-electron chi connectivity index (χ3n) is 1.81. The molecule has 9 nitrogen and oxygen atoms in total. The van der Waals surface area contributed by atoms with Crippen molar-refractivity contribution in [1.29, 1.82) is 0 Å². The van der Waals surface area contributed by atoms with Gasteiger partial charge in [0, 0.05) is 11.5 Å². The summed E-state index contributed by atoms with van der Waals surface area (Å²) in [5.74, 6) is 5.46. The molecule has 0 saturated heterocycles. The van der Waals surface area contributed by atoms with E-state index in [2.05, 4.69) is 10.1 Å². The minimum atomic E-state index is -0.679. The molecule has 0 fully saturated rings. The molecular formula is C12H23N3O6S2. The molecule has 11 heteroatoms. The number of hydrazine groups is 1. The number of hydrogen-bond donors (Lipinski definition) is 3. The molecule has 0 heterocycles. The molecule has 0 bridgehead atoms. The summed E-state index contributed by atoms with van der Waals surface area (Å²) in [5, 5.41) is 2.31. The van der Waals surface area contributed by atoms with Crippen molar-refractivity contribution in [2.24, 2.45) is 5.84 Å². The maximum atomic E-state index is 11.4. The molecule has 2 amide bonds. The molecule has 0 unspecified atom stereocenters. The van der Waals surface area contributed by atoms with E-state index in [0.29, 0.717) is 11.5 Å². The highest BCUT2D eigenvalue weighted by Gasteiger charge is 2.16. The van der Waals surface area contributed by atoms with E-state index in [0.717, 1.165) is 0 Å². The molecule has 0 aliphatic carbocycles. The van der Waals surface area contributed by atoms with Crippen molar-refractivity contribution in [3.8, 4) is 0 Å². The van der Waals surface area contributed by atoms with Crippen LogP contribution < -0.4 is 16.6 Å². The minimum absolute atomic E-state index is 0.219. The predicted molar refractivity (Wildman–Crippen MR) is 88.8 cm³/mol. The fraction of sp³-hybridized carbons (Fsp3) is 0.750. The van der Waals surface area contributed by atoms with Crippen LogP contribution in [0.1, 0.15) is 20.8 Å². The van der Waals surface area contributed by atoms with Gasteiger partial charge in [0.15, 0.2) is 0 Å². The Bertz CT molecular complexity index is 389. The summed E-state index contributed by atoms with van der Waals surface area (Å²) in [6.07, 6.45) is -1.34. The van der Waals surface area contributed by atoms with Gasteiger partial charge in [-0.1, -0.05) is 21.6 Å². The van der Waals surface area contributed by atoms with Crippen LogP contribution in [0.2, 0.25) is 0 Å². The van der Waals surface area contributed by atoms with Crippen LogP contribution in [-0.4, -0.2) is 55.0 Å². The number of nitrogens with one attached hydrogen (secondary N) is 2. The van der Waals surface area contributed by atoms with Crippen molar-refractivity contribution in [2.75, 3.05) is 31.3 Å². The monoisotopic (exact) mass is 369 g/mol. The zero-order valence-electron chi connectivity index (χ0n) is 13.4. The highest BCUT2D eigenvalue weighted by atomic mass is 33.1. The van der Waals surface area contributed by atoms with E-state index in [4.69, 9.17) is 15.3 Å². The van der Waals surface area contributed by atoms with E-state index in [1.54, 1.807) is 20.8 Å². The Kier molecular flexibility index (Phi) is 11.4. The summed E-state index contributed by atoms with van der Waals surface area (Å²) in [6, 6.07) is 0. The van der Waals surface area contributed by atoms with Crippen LogP contribution in [0, 0.1) is 0 Å². The van der Waals surface area contributed by atoms with Crippen LogP contribution in [0.25, 0.3) is 0 Å². The summed E-state index contributed by atoms with van der Waals surface area (Å²) in [5.41, 5.74) is 1.23. The number of carbonyl (C=O) groups excluding carboxylic acids is 3. The quantitative estimate of drug-likeness (QED) is 0.104. The number of ether oxygens (including phenoxy) is 3. The molecule has 23 heavy (non-hydrogen) atoms. The van der Waals surface area contributed by atoms with Gasteiger partial charge in [-0.25, -0.2) is 15.4 Å². The summed E-state index contributed by atoms with van der Waals surface area (Å²) < 4.78 is 14.6. The van der Waals surface area contributed by atoms with Gasteiger partial charge >= 0.3 is 18.2 Å². The Morgan fingerprint density at radius 1 is 1.00 bits per heavy atom. The maximum Gasteiger partial charge on any atom is 0.421 e. The number of hydrogen-bond acceptors (Lipinski definition) is 9. The molecular weight excluding hydrogens is 346 g/mol. The van der Waals surface area contributed by atoms with Crippen LogP contribution in [0.15, 0.2) is 0 Å². The fourth-order valence-electron chi connectivity index (χ4n) is 1.03. The van der Waals surface area contributed by atoms with E-state index in [1.807, 2.05) is 5.43 Å². The Morgan fingerprint density at radius 2 is 1.57 bits per heavy atom. The average molecular weight is 369 g/mol. The molecule has 0 atom stereocenters. The summed E-state index contributed by atoms with van der Waals surface area (Å²) >= 11 is 0. The zero-order valence-corrected chi connectivity index (χ0v) is 15.0. The van der Waals surface area contributed by atoms with Gasteiger partial charge < -0.3 is 19.5 Å². The molecule has 0 aliphatic rings. The molecule has 4 N–H and O–H groups in total. The molecule has 134 valence electrons. The van der Waals surface area contributed by atoms with Gasteiger partial charge in [0.2, 0.25) is 0 Å². The topological polar surface area (TPSA) is 129 Å². The molecule has 0 aliphatic heterocycles. The van der Waals surface area contributed by atoms with Gasteiger partial charge in [-0.15, -0.1) is 0 Å². The first-order chi connectivity index (χ1) is 10.7. The lowest BCUT2D eigenvalue weighted by atomic mass is 10.2. The Hall–Kier alpha value is -1.33. The molecule has 0 saturated carbocycles. The van der Waals surface area contributed by atoms with E-state index in [1.165, 1.54) is 21.6 Å². The standard InChI is InChI=1S/C12H23N3O6S2/c1-12(2,3)21-10(17)14-8-9(16)19-4-6-22-23-7-5-20-11(18)15-13/h4-8,13H2,1-3H3,(H,14,17)(H,15,18). The van der Waals surface area contributed by atoms with Gasteiger partial charge in [-0.2, -0.15) is 0 Å². The molecule has 0 aromatic rings. The second-order valence-corrected chi connectivity index (χ2v) is 7.70. The SMILES string of the molecule is CC(C)(C)OC(=O)NCC(=O)OCCSSCCOC(=O)NN. The van der Waals surface area contributed by atoms with E-state index >= 15 is 0 Å². The van der Waals surface area contributed by atoms with Crippen molar-refractivity contribution in [2.45, 2.75) is 26.4 Å². The molecule has 0 aromatic carbocycles. The third kappa shape index (κ3) is 15.3. The number of nitrogens with two attached hydrogens (primary N) is 1. The van der Waals surface area contributed by atoms with Crippen LogP contribution in [0.5, 0.6) is 0 Å². The number of carbonyl (C=O) groups is 3. The number of rotatable bonds is 9. The van der Waals surface area contributed by atoms with Gasteiger partial charge in [-0.05, 0) is 20.8 Å². The van der Waals surface area contributed by atoms with Crippen molar-refractivity contribution < 1.29 is 28.6 Å². The van der Waals surface area contributed by atoms with Crippen LogP contribution in [0.4, 0.5) is 9.59 Å². The summed E-state index contributed by atoms with van der Waals surface area (Å²) in [4.78, 5) is 33.3. The van der Waals surface area contributed by atoms with Crippen molar-refractivity contribution >= 4 is 39.7 Å². The van der Waals surface area contributed by atoms with Gasteiger partial charge in [0.25, 0.3) is 0 Å². The first-order valence-electron chi connectivity index (χ1n) is 6.75. The minimum Gasteiger partial charge on any atom is -0.463 e. The highest BCUT2D eigenvalue weighted by molar-refractivity contribution is 8.76. The Labute approximate surface area is 143 Å². The number of alkyl carbamates (subject to hydrolysis) is 1. The van der Waals surface area contributed by atoms with E-state index < -0.39 is 23.8 Å². The molecule has 0 radical (unpaired) electrons. The second kappa shape index (κ2) is 12.1. The van der Waals surface area contributed by atoms with Gasteiger partial charge in [0.1, 0.15) is 25.4 Å². The van der Waals surface area contributed by atoms with Gasteiger partial charge in [0.05, 0.1) is 0 Å². The van der Waals surface area contributed by atoms with E-state index in [-0.39, 0.29) is 19.8 Å².